The Kier molecular flexibility index (Phi) is 4.88. The average molecular weight is 311 g/mol. The van der Waals surface area contributed by atoms with E-state index in [-0.39, 0.29) is 17.7 Å². The molecule has 1 fully saturated rings. The van der Waals surface area contributed by atoms with Crippen molar-refractivity contribution in [2.75, 3.05) is 25.2 Å². The highest BCUT2D eigenvalue weighted by molar-refractivity contribution is 7.92. The van der Waals surface area contributed by atoms with Crippen LogP contribution >= 0.6 is 0 Å². The van der Waals surface area contributed by atoms with E-state index in [1.165, 1.54) is 0 Å². The Morgan fingerprint density at radius 2 is 2.00 bits per heavy atom. The van der Waals surface area contributed by atoms with E-state index >= 15 is 0 Å². The van der Waals surface area contributed by atoms with E-state index in [1.54, 1.807) is 18.9 Å². The van der Waals surface area contributed by atoms with Gasteiger partial charge in [0.2, 0.25) is 5.91 Å². The molecule has 0 radical (unpaired) electrons. The van der Waals surface area contributed by atoms with E-state index in [4.69, 9.17) is 4.74 Å². The van der Waals surface area contributed by atoms with Crippen LogP contribution in [0.2, 0.25) is 0 Å². The second-order valence-electron chi connectivity index (χ2n) is 5.19. The summed E-state index contributed by atoms with van der Waals surface area (Å²) < 4.78 is 28.4. The maximum absolute atomic E-state index is 12.2. The summed E-state index contributed by atoms with van der Waals surface area (Å²) in [6.07, 6.45) is 1.76. The van der Waals surface area contributed by atoms with E-state index in [1.807, 2.05) is 24.3 Å². The van der Waals surface area contributed by atoms with Gasteiger partial charge in [-0.3, -0.25) is 4.79 Å². The lowest BCUT2D eigenvalue weighted by Gasteiger charge is -2.25. The molecule has 1 aliphatic heterocycles. The van der Waals surface area contributed by atoms with Crippen LogP contribution < -0.4 is 4.74 Å². The minimum Gasteiger partial charge on any atom is -0.497 e. The van der Waals surface area contributed by atoms with E-state index in [9.17, 15) is 13.2 Å². The lowest BCUT2D eigenvalue weighted by molar-refractivity contribution is -0.129. The zero-order valence-corrected chi connectivity index (χ0v) is 13.2. The Bertz CT molecular complexity index is 595. The summed E-state index contributed by atoms with van der Waals surface area (Å²) >= 11 is 0. The SMILES string of the molecule is CCS(=O)(=O)CC(=O)N1CCC[C@H]1c1ccc(OC)cc1. The van der Waals surface area contributed by atoms with Crippen LogP contribution in [0.5, 0.6) is 5.75 Å². The van der Waals surface area contributed by atoms with Gasteiger partial charge in [0, 0.05) is 12.3 Å². The molecule has 0 aliphatic carbocycles. The quantitative estimate of drug-likeness (QED) is 0.832. The van der Waals surface area contributed by atoms with Gasteiger partial charge in [0.15, 0.2) is 9.84 Å². The third-order valence-electron chi connectivity index (χ3n) is 3.86. The molecule has 21 heavy (non-hydrogen) atoms. The molecule has 0 spiro atoms. The van der Waals surface area contributed by atoms with Crippen molar-refractivity contribution in [2.45, 2.75) is 25.8 Å². The second kappa shape index (κ2) is 6.47. The van der Waals surface area contributed by atoms with Crippen LogP contribution in [-0.2, 0) is 14.6 Å². The Hall–Kier alpha value is -1.56. The first-order valence-corrected chi connectivity index (χ1v) is 8.93. The number of hydrogen-bond donors (Lipinski definition) is 0. The van der Waals surface area contributed by atoms with Crippen molar-refractivity contribution in [3.63, 3.8) is 0 Å². The van der Waals surface area contributed by atoms with Gasteiger partial charge < -0.3 is 9.64 Å². The Morgan fingerprint density at radius 1 is 1.33 bits per heavy atom. The second-order valence-corrected chi connectivity index (χ2v) is 7.55. The van der Waals surface area contributed by atoms with Crippen LogP contribution in [0.4, 0.5) is 0 Å². The number of carbonyl (C=O) groups excluding carboxylic acids is 1. The lowest BCUT2D eigenvalue weighted by Crippen LogP contribution is -2.35. The topological polar surface area (TPSA) is 63.7 Å². The van der Waals surface area contributed by atoms with Gasteiger partial charge in [0.25, 0.3) is 0 Å². The molecule has 0 aromatic heterocycles. The van der Waals surface area contributed by atoms with Gasteiger partial charge in [-0.25, -0.2) is 8.42 Å². The largest absolute Gasteiger partial charge is 0.497 e. The highest BCUT2D eigenvalue weighted by atomic mass is 32.2. The van der Waals surface area contributed by atoms with E-state index in [0.29, 0.717) is 6.54 Å². The molecule has 1 aromatic carbocycles. The van der Waals surface area contributed by atoms with Crippen LogP contribution in [0.25, 0.3) is 0 Å². The highest BCUT2D eigenvalue weighted by Crippen LogP contribution is 2.32. The molecule has 116 valence electrons. The maximum Gasteiger partial charge on any atom is 0.238 e. The average Bonchev–Trinajstić information content (AvgIpc) is 2.96. The molecular formula is C15H21NO4S. The molecule has 1 saturated heterocycles. The fraction of sp³-hybridized carbons (Fsp3) is 0.533. The summed E-state index contributed by atoms with van der Waals surface area (Å²) in [5.74, 6) is 0.0778. The number of benzene rings is 1. The van der Waals surface area contributed by atoms with Crippen molar-refractivity contribution >= 4 is 15.7 Å². The molecule has 0 bridgehead atoms. The molecule has 0 saturated carbocycles. The normalized spacial score (nSPS) is 18.8. The van der Waals surface area contributed by atoms with Gasteiger partial charge in [-0.05, 0) is 30.5 Å². The zero-order chi connectivity index (χ0) is 15.5. The molecule has 2 rings (SSSR count). The van der Waals surface area contributed by atoms with Crippen LogP contribution in [0.15, 0.2) is 24.3 Å². The summed E-state index contributed by atoms with van der Waals surface area (Å²) in [5.41, 5.74) is 1.02. The number of ether oxygens (including phenoxy) is 1. The zero-order valence-electron chi connectivity index (χ0n) is 12.4. The first-order valence-electron chi connectivity index (χ1n) is 7.10. The Balaban J connectivity index is 2.14. The van der Waals surface area contributed by atoms with Crippen molar-refractivity contribution in [1.82, 2.24) is 4.90 Å². The van der Waals surface area contributed by atoms with E-state index < -0.39 is 15.6 Å². The number of rotatable bonds is 5. The summed E-state index contributed by atoms with van der Waals surface area (Å²) in [6, 6.07) is 7.56. The van der Waals surface area contributed by atoms with Crippen LogP contribution in [-0.4, -0.2) is 44.4 Å². The summed E-state index contributed by atoms with van der Waals surface area (Å²) in [6.45, 7) is 2.18. The third-order valence-corrected chi connectivity index (χ3v) is 5.42. The number of amides is 1. The first-order chi connectivity index (χ1) is 9.96. The van der Waals surface area contributed by atoms with Crippen LogP contribution in [0.1, 0.15) is 31.4 Å². The Labute approximate surface area is 125 Å². The fourth-order valence-corrected chi connectivity index (χ4v) is 3.36. The van der Waals surface area contributed by atoms with Gasteiger partial charge >= 0.3 is 0 Å². The molecule has 0 N–H and O–H groups in total. The van der Waals surface area contributed by atoms with Crippen molar-refractivity contribution in [2.24, 2.45) is 0 Å². The lowest BCUT2D eigenvalue weighted by atomic mass is 10.0. The van der Waals surface area contributed by atoms with E-state index in [2.05, 4.69) is 0 Å². The van der Waals surface area contributed by atoms with Gasteiger partial charge in [0.05, 0.1) is 13.2 Å². The smallest absolute Gasteiger partial charge is 0.238 e. The fourth-order valence-electron chi connectivity index (χ4n) is 2.61. The van der Waals surface area contributed by atoms with E-state index in [0.717, 1.165) is 24.2 Å². The van der Waals surface area contributed by atoms with Gasteiger partial charge in [-0.15, -0.1) is 0 Å². The van der Waals surface area contributed by atoms with Crippen molar-refractivity contribution in [3.8, 4) is 5.75 Å². The number of carbonyl (C=O) groups is 1. The molecule has 6 heteroatoms. The summed E-state index contributed by atoms with van der Waals surface area (Å²) in [5, 5.41) is 0. The van der Waals surface area contributed by atoms with Gasteiger partial charge in [-0.2, -0.15) is 0 Å². The maximum atomic E-state index is 12.2. The van der Waals surface area contributed by atoms with Crippen LogP contribution in [0.3, 0.4) is 0 Å². The standard InChI is InChI=1S/C15H21NO4S/c1-3-21(18,19)11-15(17)16-10-4-5-14(16)12-6-8-13(20-2)9-7-12/h6-9,14H,3-5,10-11H2,1-2H3/t14-/m0/s1. The third kappa shape index (κ3) is 3.75. The van der Waals surface area contributed by atoms with Crippen molar-refractivity contribution in [3.05, 3.63) is 29.8 Å². The molecule has 1 amide bonds. The molecular weight excluding hydrogens is 290 g/mol. The van der Waals surface area contributed by atoms with Gasteiger partial charge in [0.1, 0.15) is 11.5 Å². The molecule has 1 aliphatic rings. The number of nitrogens with zero attached hydrogens (tertiary/aromatic N) is 1. The minimum atomic E-state index is -3.28. The molecule has 0 unspecified atom stereocenters. The summed E-state index contributed by atoms with van der Waals surface area (Å²) in [7, 11) is -1.68. The molecule has 1 heterocycles. The monoisotopic (exact) mass is 311 g/mol. The number of methoxy groups -OCH3 is 1. The number of hydrogen-bond acceptors (Lipinski definition) is 4. The predicted octanol–water partition coefficient (Wildman–Crippen LogP) is 1.79. The summed E-state index contributed by atoms with van der Waals surface area (Å²) in [4.78, 5) is 13.9. The predicted molar refractivity (Wildman–Crippen MR) is 81.0 cm³/mol. The molecule has 5 nitrogen and oxygen atoms in total. The minimum absolute atomic E-state index is 0.000216. The Morgan fingerprint density at radius 3 is 2.57 bits per heavy atom. The molecule has 1 atom stereocenters. The highest BCUT2D eigenvalue weighted by Gasteiger charge is 2.31. The molecule has 1 aromatic rings. The number of sulfone groups is 1. The van der Waals surface area contributed by atoms with Gasteiger partial charge in [-0.1, -0.05) is 19.1 Å². The van der Waals surface area contributed by atoms with Crippen molar-refractivity contribution in [1.29, 1.82) is 0 Å². The van der Waals surface area contributed by atoms with Crippen molar-refractivity contribution < 1.29 is 17.9 Å². The van der Waals surface area contributed by atoms with Crippen LogP contribution in [0, 0.1) is 0 Å². The first kappa shape index (κ1) is 15.8. The number of likely N-dealkylation sites (tertiary alicyclic amines) is 1.